The van der Waals surface area contributed by atoms with Crippen molar-refractivity contribution in [3.63, 3.8) is 0 Å². The summed E-state index contributed by atoms with van der Waals surface area (Å²) < 4.78 is 0. The van der Waals surface area contributed by atoms with Crippen molar-refractivity contribution in [2.75, 3.05) is 39.3 Å². The van der Waals surface area contributed by atoms with Crippen LogP contribution in [-0.2, 0) is 0 Å². The van der Waals surface area contributed by atoms with E-state index < -0.39 is 0 Å². The molecule has 0 saturated carbocycles. The highest BCUT2D eigenvalue weighted by atomic mass is 15.3. The lowest BCUT2D eigenvalue weighted by Crippen LogP contribution is -2.46. The van der Waals surface area contributed by atoms with Crippen molar-refractivity contribution in [2.45, 2.75) is 73.1 Å². The van der Waals surface area contributed by atoms with E-state index in [2.05, 4.69) is 44.4 Å². The topological polar surface area (TPSA) is 6.48 Å². The molecule has 2 heteroatoms. The second kappa shape index (κ2) is 9.84. The van der Waals surface area contributed by atoms with Crippen LogP contribution < -0.4 is 0 Å². The number of hydrogen-bond acceptors (Lipinski definition) is 2. The monoisotopic (exact) mass is 296 g/mol. The number of nitrogens with zero attached hydrogens (tertiary/aromatic N) is 2. The van der Waals surface area contributed by atoms with Crippen LogP contribution in [0.2, 0.25) is 0 Å². The van der Waals surface area contributed by atoms with E-state index in [1.165, 1.54) is 77.8 Å². The third kappa shape index (κ3) is 8.83. The van der Waals surface area contributed by atoms with Crippen LogP contribution in [0.5, 0.6) is 0 Å². The van der Waals surface area contributed by atoms with Crippen LogP contribution in [-0.4, -0.2) is 49.1 Å². The van der Waals surface area contributed by atoms with Gasteiger partial charge in [-0.15, -0.1) is 0 Å². The van der Waals surface area contributed by atoms with Crippen molar-refractivity contribution in [3.05, 3.63) is 0 Å². The zero-order valence-electron chi connectivity index (χ0n) is 15.5. The molecule has 0 spiro atoms. The van der Waals surface area contributed by atoms with Crippen LogP contribution in [0.4, 0.5) is 0 Å². The normalized spacial score (nSPS) is 19.9. The van der Waals surface area contributed by atoms with Gasteiger partial charge in [0.25, 0.3) is 0 Å². The Morgan fingerprint density at radius 3 is 2.00 bits per heavy atom. The Labute approximate surface area is 134 Å². The molecule has 0 aliphatic carbocycles. The molecule has 0 N–H and O–H groups in total. The Morgan fingerprint density at radius 1 is 0.857 bits per heavy atom. The van der Waals surface area contributed by atoms with Crippen LogP contribution in [0.1, 0.15) is 73.1 Å². The van der Waals surface area contributed by atoms with Crippen LogP contribution in [0, 0.1) is 11.3 Å². The largest absolute Gasteiger partial charge is 0.301 e. The summed E-state index contributed by atoms with van der Waals surface area (Å²) in [6.45, 7) is 19.4. The Balaban J connectivity index is 2.07. The SMILES string of the molecule is CC[C@@H](CCCCN1CCN(CC)CC1)CCC(C)(C)C. The first-order chi connectivity index (χ1) is 9.94. The van der Waals surface area contributed by atoms with Gasteiger partial charge in [-0.3, -0.25) is 0 Å². The van der Waals surface area contributed by atoms with Crippen molar-refractivity contribution >= 4 is 0 Å². The summed E-state index contributed by atoms with van der Waals surface area (Å²) in [5.41, 5.74) is 0.506. The number of unbranched alkanes of at least 4 members (excludes halogenated alkanes) is 1. The molecule has 1 aliphatic heterocycles. The predicted molar refractivity (Wildman–Crippen MR) is 94.9 cm³/mol. The van der Waals surface area contributed by atoms with Gasteiger partial charge in [0.2, 0.25) is 0 Å². The van der Waals surface area contributed by atoms with E-state index in [-0.39, 0.29) is 0 Å². The Hall–Kier alpha value is -0.0800. The van der Waals surface area contributed by atoms with Gasteiger partial charge in [-0.1, -0.05) is 53.9 Å². The first kappa shape index (κ1) is 19.0. The first-order valence-corrected chi connectivity index (χ1v) is 9.39. The molecule has 1 fully saturated rings. The summed E-state index contributed by atoms with van der Waals surface area (Å²) in [6.07, 6.45) is 8.45. The third-order valence-corrected chi connectivity index (χ3v) is 5.13. The van der Waals surface area contributed by atoms with Crippen molar-refractivity contribution in [2.24, 2.45) is 11.3 Å². The number of hydrogen-bond donors (Lipinski definition) is 0. The number of piperazine rings is 1. The second-order valence-corrected chi connectivity index (χ2v) is 8.15. The average Bonchev–Trinajstić information content (AvgIpc) is 2.46. The summed E-state index contributed by atoms with van der Waals surface area (Å²) in [5.74, 6) is 0.959. The highest BCUT2D eigenvalue weighted by Crippen LogP contribution is 2.27. The minimum absolute atomic E-state index is 0.506. The molecule has 0 amide bonds. The van der Waals surface area contributed by atoms with Gasteiger partial charge < -0.3 is 9.80 Å². The van der Waals surface area contributed by atoms with Gasteiger partial charge >= 0.3 is 0 Å². The molecule has 1 heterocycles. The van der Waals surface area contributed by atoms with Crippen LogP contribution in [0.3, 0.4) is 0 Å². The van der Waals surface area contributed by atoms with E-state index in [0.29, 0.717) is 5.41 Å². The third-order valence-electron chi connectivity index (χ3n) is 5.13. The molecule has 126 valence electrons. The van der Waals surface area contributed by atoms with Crippen molar-refractivity contribution < 1.29 is 0 Å². The van der Waals surface area contributed by atoms with Gasteiger partial charge in [-0.05, 0) is 43.7 Å². The zero-order chi connectivity index (χ0) is 15.7. The maximum absolute atomic E-state index is 2.67. The minimum Gasteiger partial charge on any atom is -0.301 e. The quantitative estimate of drug-likeness (QED) is 0.572. The summed E-state index contributed by atoms with van der Waals surface area (Å²) in [4.78, 5) is 5.23. The van der Waals surface area contributed by atoms with Gasteiger partial charge in [0.05, 0.1) is 0 Å². The molecular formula is C19H40N2. The lowest BCUT2D eigenvalue weighted by molar-refractivity contribution is 0.135. The summed E-state index contributed by atoms with van der Waals surface area (Å²) in [6, 6.07) is 0. The van der Waals surface area contributed by atoms with Gasteiger partial charge in [0, 0.05) is 26.2 Å². The lowest BCUT2D eigenvalue weighted by Gasteiger charge is -2.34. The standard InChI is InChI=1S/C19H40N2/c1-6-18(11-12-19(3,4)5)10-8-9-13-21-16-14-20(7-2)15-17-21/h18H,6-17H2,1-5H3/t18-/m0/s1. The van der Waals surface area contributed by atoms with Gasteiger partial charge in [0.1, 0.15) is 0 Å². The Kier molecular flexibility index (Phi) is 8.89. The maximum Gasteiger partial charge on any atom is 0.0110 e. The molecule has 0 aromatic rings. The van der Waals surface area contributed by atoms with E-state index in [1.54, 1.807) is 0 Å². The van der Waals surface area contributed by atoms with E-state index in [9.17, 15) is 0 Å². The van der Waals surface area contributed by atoms with Crippen molar-refractivity contribution in [1.29, 1.82) is 0 Å². The van der Waals surface area contributed by atoms with Crippen molar-refractivity contribution in [3.8, 4) is 0 Å². The molecule has 0 bridgehead atoms. The van der Waals surface area contributed by atoms with Crippen LogP contribution in [0.15, 0.2) is 0 Å². The Morgan fingerprint density at radius 2 is 1.48 bits per heavy atom. The molecule has 1 aliphatic rings. The summed E-state index contributed by atoms with van der Waals surface area (Å²) >= 11 is 0. The fourth-order valence-corrected chi connectivity index (χ4v) is 3.29. The zero-order valence-corrected chi connectivity index (χ0v) is 15.5. The summed E-state index contributed by atoms with van der Waals surface area (Å²) in [5, 5.41) is 0. The highest BCUT2D eigenvalue weighted by Gasteiger charge is 2.16. The van der Waals surface area contributed by atoms with E-state index in [4.69, 9.17) is 0 Å². The second-order valence-electron chi connectivity index (χ2n) is 8.15. The van der Waals surface area contributed by atoms with Crippen molar-refractivity contribution in [1.82, 2.24) is 9.80 Å². The fraction of sp³-hybridized carbons (Fsp3) is 1.00. The fourth-order valence-electron chi connectivity index (χ4n) is 3.29. The minimum atomic E-state index is 0.506. The molecule has 0 aromatic carbocycles. The van der Waals surface area contributed by atoms with Gasteiger partial charge in [-0.2, -0.15) is 0 Å². The van der Waals surface area contributed by atoms with Crippen LogP contribution >= 0.6 is 0 Å². The van der Waals surface area contributed by atoms with E-state index >= 15 is 0 Å². The van der Waals surface area contributed by atoms with E-state index in [1.807, 2.05) is 0 Å². The van der Waals surface area contributed by atoms with Gasteiger partial charge in [-0.25, -0.2) is 0 Å². The predicted octanol–water partition coefficient (Wildman–Crippen LogP) is 4.65. The Bertz CT molecular complexity index is 249. The average molecular weight is 297 g/mol. The smallest absolute Gasteiger partial charge is 0.0110 e. The number of rotatable bonds is 9. The molecule has 1 rings (SSSR count). The number of likely N-dealkylation sites (N-methyl/N-ethyl adjacent to an activating group) is 1. The molecule has 2 nitrogen and oxygen atoms in total. The first-order valence-electron chi connectivity index (χ1n) is 9.39. The van der Waals surface area contributed by atoms with E-state index in [0.717, 1.165) is 5.92 Å². The molecule has 0 unspecified atom stereocenters. The van der Waals surface area contributed by atoms with Gasteiger partial charge in [0.15, 0.2) is 0 Å². The maximum atomic E-state index is 2.67. The summed E-state index contributed by atoms with van der Waals surface area (Å²) in [7, 11) is 0. The lowest BCUT2D eigenvalue weighted by atomic mass is 9.84. The molecule has 1 atom stereocenters. The molecular weight excluding hydrogens is 256 g/mol. The molecule has 0 aromatic heterocycles. The highest BCUT2D eigenvalue weighted by molar-refractivity contribution is 4.71. The van der Waals surface area contributed by atoms with Crippen LogP contribution in [0.25, 0.3) is 0 Å². The molecule has 21 heavy (non-hydrogen) atoms. The molecule has 0 radical (unpaired) electrons. The molecule has 1 saturated heterocycles.